The molecule has 5 nitrogen and oxygen atoms in total. The lowest BCUT2D eigenvalue weighted by Crippen LogP contribution is -2.48. The van der Waals surface area contributed by atoms with Crippen LogP contribution in [-0.2, 0) is 4.79 Å². The Kier molecular flexibility index (Phi) is 5.85. The molecule has 0 fully saturated rings. The van der Waals surface area contributed by atoms with Crippen molar-refractivity contribution >= 4 is 12.0 Å². The summed E-state index contributed by atoms with van der Waals surface area (Å²) in [6.45, 7) is 7.57. The molecule has 0 saturated heterocycles. The maximum Gasteiger partial charge on any atom is 0.325 e. The molecule has 0 saturated carbocycles. The van der Waals surface area contributed by atoms with Crippen LogP contribution in [0.5, 0.6) is 0 Å². The van der Waals surface area contributed by atoms with Gasteiger partial charge in [-0.3, -0.25) is 4.79 Å². The Balaban J connectivity index is 4.22. The van der Waals surface area contributed by atoms with Gasteiger partial charge in [0, 0.05) is 13.1 Å². The third-order valence-electron chi connectivity index (χ3n) is 2.50. The summed E-state index contributed by atoms with van der Waals surface area (Å²) in [5.41, 5.74) is 0. The predicted octanol–water partition coefficient (Wildman–Crippen LogP) is 1.54. The summed E-state index contributed by atoms with van der Waals surface area (Å²) in [5.74, 6) is -0.527. The van der Waals surface area contributed by atoms with Crippen molar-refractivity contribution in [2.75, 3.05) is 7.05 Å². The second-order valence-electron chi connectivity index (χ2n) is 4.60. The van der Waals surface area contributed by atoms with Crippen molar-refractivity contribution < 1.29 is 14.7 Å². The Labute approximate surface area is 96.8 Å². The van der Waals surface area contributed by atoms with E-state index in [2.05, 4.69) is 19.2 Å². The van der Waals surface area contributed by atoms with E-state index in [0.717, 1.165) is 6.42 Å². The summed E-state index contributed by atoms with van der Waals surface area (Å²) >= 11 is 0. The first-order valence-corrected chi connectivity index (χ1v) is 5.51. The highest BCUT2D eigenvalue weighted by molar-refractivity contribution is 5.82. The zero-order valence-electron chi connectivity index (χ0n) is 10.7. The largest absolute Gasteiger partial charge is 0.480 e. The van der Waals surface area contributed by atoms with E-state index in [1.807, 2.05) is 6.92 Å². The maximum absolute atomic E-state index is 11.6. The van der Waals surface area contributed by atoms with Gasteiger partial charge in [-0.05, 0) is 26.2 Å². The Bertz CT molecular complexity index is 254. The summed E-state index contributed by atoms with van der Waals surface area (Å²) in [6, 6.07) is -1.11. The molecule has 0 rings (SSSR count). The van der Waals surface area contributed by atoms with Gasteiger partial charge in [-0.15, -0.1) is 0 Å². The first kappa shape index (κ1) is 14.7. The minimum absolute atomic E-state index is 0.0981. The topological polar surface area (TPSA) is 69.6 Å². The predicted molar refractivity (Wildman–Crippen MR) is 62.3 cm³/mol. The molecule has 5 heteroatoms. The van der Waals surface area contributed by atoms with Crippen LogP contribution in [-0.4, -0.2) is 41.1 Å². The van der Waals surface area contributed by atoms with Crippen LogP contribution >= 0.6 is 0 Å². The highest BCUT2D eigenvalue weighted by Crippen LogP contribution is 2.09. The number of rotatable bonds is 5. The van der Waals surface area contributed by atoms with E-state index in [1.165, 1.54) is 6.92 Å². The zero-order valence-corrected chi connectivity index (χ0v) is 10.7. The monoisotopic (exact) mass is 230 g/mol. The van der Waals surface area contributed by atoms with Crippen molar-refractivity contribution in [2.24, 2.45) is 5.92 Å². The van der Waals surface area contributed by atoms with Gasteiger partial charge in [0.2, 0.25) is 0 Å². The normalized spacial score (nSPS) is 14.4. The molecule has 2 amide bonds. The summed E-state index contributed by atoms with van der Waals surface area (Å²) in [7, 11) is 1.68. The van der Waals surface area contributed by atoms with Gasteiger partial charge >= 0.3 is 12.0 Å². The van der Waals surface area contributed by atoms with Crippen LogP contribution in [0.2, 0.25) is 0 Å². The molecule has 1 unspecified atom stereocenters. The Morgan fingerprint density at radius 2 is 1.75 bits per heavy atom. The summed E-state index contributed by atoms with van der Waals surface area (Å²) in [6.07, 6.45) is 0.894. The van der Waals surface area contributed by atoms with Crippen LogP contribution in [0.3, 0.4) is 0 Å². The van der Waals surface area contributed by atoms with Crippen molar-refractivity contribution in [3.05, 3.63) is 0 Å². The molecule has 0 heterocycles. The standard InChI is InChI=1S/C11H22N2O3/c1-7(2)6-8(3)13(5)11(16)12-9(4)10(14)15/h7-9H,6H2,1-5H3,(H,12,16)(H,14,15)/t8?,9-/m0/s1. The fourth-order valence-electron chi connectivity index (χ4n) is 1.39. The molecule has 0 aromatic rings. The number of nitrogens with zero attached hydrogens (tertiary/aromatic N) is 1. The Hall–Kier alpha value is -1.26. The molecule has 0 bridgehead atoms. The number of carbonyl (C=O) groups excluding carboxylic acids is 1. The lowest BCUT2D eigenvalue weighted by atomic mass is 10.0. The molecule has 0 spiro atoms. The smallest absolute Gasteiger partial charge is 0.325 e. The molecule has 0 aromatic heterocycles. The summed E-state index contributed by atoms with van der Waals surface area (Å²) in [4.78, 5) is 23.7. The molecule has 0 aliphatic heterocycles. The van der Waals surface area contributed by atoms with E-state index in [9.17, 15) is 9.59 Å². The van der Waals surface area contributed by atoms with Gasteiger partial charge in [-0.1, -0.05) is 13.8 Å². The van der Waals surface area contributed by atoms with Crippen molar-refractivity contribution in [3.63, 3.8) is 0 Å². The maximum atomic E-state index is 11.6. The number of nitrogens with one attached hydrogen (secondary N) is 1. The number of carboxylic acids is 1. The second-order valence-corrected chi connectivity index (χ2v) is 4.60. The number of aliphatic carboxylic acids is 1. The fourth-order valence-corrected chi connectivity index (χ4v) is 1.39. The van der Waals surface area contributed by atoms with E-state index in [4.69, 9.17) is 5.11 Å². The van der Waals surface area contributed by atoms with E-state index in [1.54, 1.807) is 11.9 Å². The van der Waals surface area contributed by atoms with Crippen LogP contribution in [0.15, 0.2) is 0 Å². The van der Waals surface area contributed by atoms with E-state index < -0.39 is 12.0 Å². The van der Waals surface area contributed by atoms with Crippen molar-refractivity contribution in [2.45, 2.75) is 46.2 Å². The highest BCUT2D eigenvalue weighted by atomic mass is 16.4. The Morgan fingerprint density at radius 3 is 2.12 bits per heavy atom. The van der Waals surface area contributed by atoms with E-state index in [-0.39, 0.29) is 12.1 Å². The number of amides is 2. The first-order valence-electron chi connectivity index (χ1n) is 5.51. The average molecular weight is 230 g/mol. The van der Waals surface area contributed by atoms with Gasteiger partial charge in [-0.2, -0.15) is 0 Å². The van der Waals surface area contributed by atoms with Crippen molar-refractivity contribution in [3.8, 4) is 0 Å². The van der Waals surface area contributed by atoms with Gasteiger partial charge in [0.1, 0.15) is 6.04 Å². The third kappa shape index (κ3) is 5.00. The molecular weight excluding hydrogens is 208 g/mol. The molecular formula is C11H22N2O3. The zero-order chi connectivity index (χ0) is 12.9. The highest BCUT2D eigenvalue weighted by Gasteiger charge is 2.20. The minimum Gasteiger partial charge on any atom is -0.480 e. The number of carboxylic acid groups (broad SMARTS) is 1. The lowest BCUT2D eigenvalue weighted by molar-refractivity contribution is -0.138. The summed E-state index contributed by atoms with van der Waals surface area (Å²) in [5, 5.41) is 11.1. The SMILES string of the molecule is CC(C)CC(C)N(C)C(=O)N[C@@H](C)C(=O)O. The second kappa shape index (κ2) is 6.35. The number of hydrogen-bond donors (Lipinski definition) is 2. The van der Waals surface area contributed by atoms with Gasteiger partial charge < -0.3 is 15.3 Å². The molecule has 0 aliphatic carbocycles. The third-order valence-corrected chi connectivity index (χ3v) is 2.50. The van der Waals surface area contributed by atoms with Crippen LogP contribution in [0.25, 0.3) is 0 Å². The fraction of sp³-hybridized carbons (Fsp3) is 0.818. The van der Waals surface area contributed by atoms with Gasteiger partial charge in [0.15, 0.2) is 0 Å². The van der Waals surface area contributed by atoms with E-state index >= 15 is 0 Å². The van der Waals surface area contributed by atoms with Crippen LogP contribution in [0, 0.1) is 5.92 Å². The lowest BCUT2D eigenvalue weighted by Gasteiger charge is -2.27. The molecule has 0 radical (unpaired) electrons. The quantitative estimate of drug-likeness (QED) is 0.752. The molecule has 0 aromatic carbocycles. The van der Waals surface area contributed by atoms with Crippen LogP contribution in [0.1, 0.15) is 34.1 Å². The van der Waals surface area contributed by atoms with Crippen LogP contribution < -0.4 is 5.32 Å². The first-order chi connectivity index (χ1) is 7.25. The van der Waals surface area contributed by atoms with E-state index in [0.29, 0.717) is 5.92 Å². The van der Waals surface area contributed by atoms with Gasteiger partial charge in [0.25, 0.3) is 0 Å². The Morgan fingerprint density at radius 1 is 1.25 bits per heavy atom. The molecule has 2 atom stereocenters. The van der Waals surface area contributed by atoms with Crippen molar-refractivity contribution in [1.82, 2.24) is 10.2 Å². The molecule has 94 valence electrons. The number of hydrogen-bond acceptors (Lipinski definition) is 2. The minimum atomic E-state index is -1.03. The number of carbonyl (C=O) groups is 2. The number of urea groups is 1. The van der Waals surface area contributed by atoms with Gasteiger partial charge in [-0.25, -0.2) is 4.79 Å². The van der Waals surface area contributed by atoms with Crippen LogP contribution in [0.4, 0.5) is 4.79 Å². The van der Waals surface area contributed by atoms with Gasteiger partial charge in [0.05, 0.1) is 0 Å². The summed E-state index contributed by atoms with van der Waals surface area (Å²) < 4.78 is 0. The molecule has 2 N–H and O–H groups in total. The van der Waals surface area contributed by atoms with Crippen molar-refractivity contribution in [1.29, 1.82) is 0 Å². The average Bonchev–Trinajstić information content (AvgIpc) is 2.14. The molecule has 0 aliphatic rings. The molecule has 16 heavy (non-hydrogen) atoms.